The Morgan fingerprint density at radius 3 is 3.00 bits per heavy atom. The molecule has 0 aromatic heterocycles. The van der Waals surface area contributed by atoms with Gasteiger partial charge in [-0.3, -0.25) is 4.90 Å². The molecule has 72 valence electrons. The van der Waals surface area contributed by atoms with Crippen LogP contribution in [0.15, 0.2) is 36.7 Å². The van der Waals surface area contributed by atoms with Crippen molar-refractivity contribution >= 4 is 6.03 Å². The second-order valence-corrected chi connectivity index (χ2v) is 2.98. The molecule has 4 nitrogen and oxygen atoms in total. The first-order valence-corrected chi connectivity index (χ1v) is 4.24. The number of carbonyl (C=O) groups is 1. The minimum Gasteiger partial charge on any atom is -0.463 e. The first kappa shape index (κ1) is 8.62. The SMILES string of the molecule is NC(=O)N1C=COc2ccccc2C1. The number of para-hydroxylation sites is 1. The van der Waals surface area contributed by atoms with Crippen LogP contribution < -0.4 is 10.5 Å². The zero-order chi connectivity index (χ0) is 9.97. The third-order valence-corrected chi connectivity index (χ3v) is 2.03. The normalized spacial score (nSPS) is 14.1. The lowest BCUT2D eigenvalue weighted by atomic mass is 10.2. The summed E-state index contributed by atoms with van der Waals surface area (Å²) in [5, 5.41) is 0. The van der Waals surface area contributed by atoms with Gasteiger partial charge in [-0.25, -0.2) is 4.79 Å². The summed E-state index contributed by atoms with van der Waals surface area (Å²) in [5.41, 5.74) is 6.11. The highest BCUT2D eigenvalue weighted by molar-refractivity contribution is 5.73. The lowest BCUT2D eigenvalue weighted by Gasteiger charge is -2.13. The number of fused-ring (bicyclic) bond motifs is 1. The average molecular weight is 190 g/mol. The van der Waals surface area contributed by atoms with Gasteiger partial charge in [-0.1, -0.05) is 18.2 Å². The fraction of sp³-hybridized carbons (Fsp3) is 0.100. The summed E-state index contributed by atoms with van der Waals surface area (Å²) in [7, 11) is 0. The Morgan fingerprint density at radius 1 is 1.43 bits per heavy atom. The van der Waals surface area contributed by atoms with E-state index in [2.05, 4.69) is 0 Å². The van der Waals surface area contributed by atoms with Crippen LogP contribution in [0, 0.1) is 0 Å². The van der Waals surface area contributed by atoms with Gasteiger partial charge in [-0.05, 0) is 6.07 Å². The molecule has 1 aromatic carbocycles. The highest BCUT2D eigenvalue weighted by Gasteiger charge is 2.13. The van der Waals surface area contributed by atoms with Crippen LogP contribution in [0.1, 0.15) is 5.56 Å². The first-order chi connectivity index (χ1) is 6.77. The molecule has 1 heterocycles. The molecule has 14 heavy (non-hydrogen) atoms. The van der Waals surface area contributed by atoms with Crippen molar-refractivity contribution in [2.75, 3.05) is 0 Å². The molecule has 0 radical (unpaired) electrons. The summed E-state index contributed by atoms with van der Waals surface area (Å²) >= 11 is 0. The van der Waals surface area contributed by atoms with E-state index in [1.807, 2.05) is 24.3 Å². The molecule has 0 saturated heterocycles. The van der Waals surface area contributed by atoms with Crippen LogP contribution in [0.25, 0.3) is 0 Å². The number of primary amides is 1. The Morgan fingerprint density at radius 2 is 2.21 bits per heavy atom. The Balaban J connectivity index is 2.33. The Kier molecular flexibility index (Phi) is 2.10. The zero-order valence-corrected chi connectivity index (χ0v) is 7.51. The van der Waals surface area contributed by atoms with E-state index in [9.17, 15) is 4.79 Å². The van der Waals surface area contributed by atoms with Crippen molar-refractivity contribution in [2.45, 2.75) is 6.54 Å². The van der Waals surface area contributed by atoms with Crippen LogP contribution in [0.3, 0.4) is 0 Å². The van der Waals surface area contributed by atoms with Crippen molar-refractivity contribution in [3.63, 3.8) is 0 Å². The van der Waals surface area contributed by atoms with Gasteiger partial charge >= 0.3 is 6.03 Å². The van der Waals surface area contributed by atoms with Crippen molar-refractivity contribution < 1.29 is 9.53 Å². The van der Waals surface area contributed by atoms with E-state index in [1.165, 1.54) is 17.4 Å². The second kappa shape index (κ2) is 3.41. The molecule has 2 rings (SSSR count). The fourth-order valence-corrected chi connectivity index (χ4v) is 1.31. The molecule has 0 atom stereocenters. The lowest BCUT2D eigenvalue weighted by molar-refractivity contribution is 0.223. The largest absolute Gasteiger partial charge is 0.463 e. The summed E-state index contributed by atoms with van der Waals surface area (Å²) in [5.74, 6) is 0.757. The third-order valence-electron chi connectivity index (χ3n) is 2.03. The summed E-state index contributed by atoms with van der Waals surface area (Å²) in [4.78, 5) is 12.4. The van der Waals surface area contributed by atoms with Crippen molar-refractivity contribution in [1.29, 1.82) is 0 Å². The van der Waals surface area contributed by atoms with E-state index in [0.717, 1.165) is 11.3 Å². The van der Waals surface area contributed by atoms with Gasteiger partial charge in [-0.15, -0.1) is 0 Å². The summed E-state index contributed by atoms with van der Waals surface area (Å²) in [6.07, 6.45) is 2.99. The van der Waals surface area contributed by atoms with Crippen LogP contribution in [0.5, 0.6) is 5.75 Å². The number of hydrogen-bond acceptors (Lipinski definition) is 2. The summed E-state index contributed by atoms with van der Waals surface area (Å²) in [6, 6.07) is 7.04. The van der Waals surface area contributed by atoms with Gasteiger partial charge in [0.2, 0.25) is 0 Å². The minimum absolute atomic E-state index is 0.446. The highest BCUT2D eigenvalue weighted by atomic mass is 16.5. The van der Waals surface area contributed by atoms with Crippen molar-refractivity contribution in [2.24, 2.45) is 5.73 Å². The molecular formula is C10H10N2O2. The van der Waals surface area contributed by atoms with Gasteiger partial charge in [0.1, 0.15) is 12.0 Å². The van der Waals surface area contributed by atoms with E-state index >= 15 is 0 Å². The fourth-order valence-electron chi connectivity index (χ4n) is 1.31. The molecule has 0 spiro atoms. The van der Waals surface area contributed by atoms with Crippen LogP contribution in [0.2, 0.25) is 0 Å². The molecular weight excluding hydrogens is 180 g/mol. The number of nitrogens with zero attached hydrogens (tertiary/aromatic N) is 1. The number of urea groups is 1. The predicted octanol–water partition coefficient (Wildman–Crippen LogP) is 1.43. The zero-order valence-electron chi connectivity index (χ0n) is 7.51. The standard InChI is InChI=1S/C10H10N2O2/c11-10(13)12-5-6-14-9-4-2-1-3-8(9)7-12/h1-6H,7H2,(H2,11,13). The van der Waals surface area contributed by atoms with Gasteiger partial charge in [0.05, 0.1) is 6.54 Å². The summed E-state index contributed by atoms with van der Waals surface area (Å²) in [6.45, 7) is 0.446. The maximum Gasteiger partial charge on any atom is 0.319 e. The molecule has 0 fully saturated rings. The number of nitrogens with two attached hydrogens (primary N) is 1. The van der Waals surface area contributed by atoms with E-state index in [4.69, 9.17) is 10.5 Å². The van der Waals surface area contributed by atoms with Gasteiger partial charge in [0.25, 0.3) is 0 Å². The van der Waals surface area contributed by atoms with Crippen LogP contribution >= 0.6 is 0 Å². The predicted molar refractivity (Wildman–Crippen MR) is 51.3 cm³/mol. The van der Waals surface area contributed by atoms with E-state index < -0.39 is 6.03 Å². The van der Waals surface area contributed by atoms with E-state index in [0.29, 0.717) is 6.54 Å². The summed E-state index contributed by atoms with van der Waals surface area (Å²) < 4.78 is 5.30. The van der Waals surface area contributed by atoms with Crippen LogP contribution in [0.4, 0.5) is 4.79 Å². The Bertz CT molecular complexity index is 387. The number of rotatable bonds is 0. The third kappa shape index (κ3) is 1.54. The average Bonchev–Trinajstić information content (AvgIpc) is 2.39. The molecule has 0 unspecified atom stereocenters. The quantitative estimate of drug-likeness (QED) is 0.672. The highest BCUT2D eigenvalue weighted by Crippen LogP contribution is 2.22. The van der Waals surface area contributed by atoms with Gasteiger partial charge in [0.15, 0.2) is 0 Å². The second-order valence-electron chi connectivity index (χ2n) is 2.98. The molecule has 0 aliphatic carbocycles. The van der Waals surface area contributed by atoms with Gasteiger partial charge in [-0.2, -0.15) is 0 Å². The molecule has 2 N–H and O–H groups in total. The van der Waals surface area contributed by atoms with Gasteiger partial charge < -0.3 is 10.5 Å². The number of benzene rings is 1. The molecule has 1 aromatic rings. The molecule has 0 saturated carbocycles. The number of amides is 2. The maximum absolute atomic E-state index is 11.0. The topological polar surface area (TPSA) is 55.6 Å². The number of hydrogen-bond donors (Lipinski definition) is 1. The van der Waals surface area contributed by atoms with E-state index in [1.54, 1.807) is 0 Å². The minimum atomic E-state index is -0.485. The molecule has 1 aliphatic rings. The van der Waals surface area contributed by atoms with Gasteiger partial charge in [0, 0.05) is 11.8 Å². The number of carbonyl (C=O) groups excluding carboxylic acids is 1. The molecule has 2 amide bonds. The Hall–Kier alpha value is -1.97. The lowest BCUT2D eigenvalue weighted by Crippen LogP contribution is -2.30. The van der Waals surface area contributed by atoms with E-state index in [-0.39, 0.29) is 0 Å². The molecule has 1 aliphatic heterocycles. The van der Waals surface area contributed by atoms with Crippen molar-refractivity contribution in [3.05, 3.63) is 42.3 Å². The Labute approximate surface area is 81.6 Å². The number of ether oxygens (including phenoxy) is 1. The molecule has 4 heteroatoms. The molecule has 0 bridgehead atoms. The van der Waals surface area contributed by atoms with Crippen LogP contribution in [-0.4, -0.2) is 10.9 Å². The van der Waals surface area contributed by atoms with Crippen molar-refractivity contribution in [3.8, 4) is 5.75 Å². The smallest absolute Gasteiger partial charge is 0.319 e. The van der Waals surface area contributed by atoms with Crippen molar-refractivity contribution in [1.82, 2.24) is 4.90 Å². The van der Waals surface area contributed by atoms with Crippen LogP contribution in [-0.2, 0) is 6.54 Å². The monoisotopic (exact) mass is 190 g/mol. The maximum atomic E-state index is 11.0. The first-order valence-electron chi connectivity index (χ1n) is 4.24.